The van der Waals surface area contributed by atoms with Crippen LogP contribution in [0.3, 0.4) is 0 Å². The Morgan fingerprint density at radius 2 is 1.94 bits per heavy atom. The molecule has 0 saturated heterocycles. The molecular weight excluding hydrogens is 208 g/mol. The third-order valence-electron chi connectivity index (χ3n) is 2.09. The van der Waals surface area contributed by atoms with E-state index in [1.54, 1.807) is 24.3 Å². The lowest BCUT2D eigenvalue weighted by Crippen LogP contribution is -2.39. The van der Waals surface area contributed by atoms with Gasteiger partial charge in [-0.25, -0.2) is 0 Å². The highest BCUT2D eigenvalue weighted by molar-refractivity contribution is 5.84. The Balaban J connectivity index is 2.52. The summed E-state index contributed by atoms with van der Waals surface area (Å²) in [5, 5.41) is 11.0. The molecule has 4 N–H and O–H groups in total. The van der Waals surface area contributed by atoms with Gasteiger partial charge in [0.2, 0.25) is 5.91 Å². The molecule has 5 nitrogen and oxygen atoms in total. The molecule has 0 fully saturated rings. The van der Waals surface area contributed by atoms with Crippen molar-refractivity contribution in [2.75, 3.05) is 5.73 Å². The van der Waals surface area contributed by atoms with Gasteiger partial charge in [-0.3, -0.25) is 9.59 Å². The average molecular weight is 222 g/mol. The van der Waals surface area contributed by atoms with E-state index >= 15 is 0 Å². The molecule has 0 aliphatic rings. The number of carbonyl (C=O) groups excluding carboxylic acids is 1. The number of nitrogens with one attached hydrogen (secondary N) is 1. The molecule has 0 heterocycles. The summed E-state index contributed by atoms with van der Waals surface area (Å²) < 4.78 is 0. The van der Waals surface area contributed by atoms with E-state index in [1.165, 1.54) is 6.92 Å². The number of nitrogens with two attached hydrogens (primary N) is 1. The van der Waals surface area contributed by atoms with Gasteiger partial charge in [-0.1, -0.05) is 12.1 Å². The molecular formula is C11H14N2O3. The van der Waals surface area contributed by atoms with Crippen LogP contribution in [0.2, 0.25) is 0 Å². The Morgan fingerprint density at radius 3 is 2.44 bits per heavy atom. The standard InChI is InChI=1S/C11H14N2O3/c1-7(11(15)16)13-10(14)6-8-2-4-9(12)5-3-8/h2-5,7H,6,12H2,1H3,(H,13,14)(H,15,16)/t7-/m0/s1. The quantitative estimate of drug-likeness (QED) is 0.643. The predicted octanol–water partition coefficient (Wildman–Crippen LogP) is 0.401. The minimum Gasteiger partial charge on any atom is -0.480 e. The molecule has 0 aromatic heterocycles. The lowest BCUT2D eigenvalue weighted by molar-refractivity contribution is -0.141. The highest BCUT2D eigenvalue weighted by Gasteiger charge is 2.13. The van der Waals surface area contributed by atoms with Crippen LogP contribution in [0.15, 0.2) is 24.3 Å². The van der Waals surface area contributed by atoms with Gasteiger partial charge < -0.3 is 16.2 Å². The highest BCUT2D eigenvalue weighted by Crippen LogP contribution is 2.05. The number of benzene rings is 1. The average Bonchev–Trinajstić information content (AvgIpc) is 2.21. The molecule has 5 heteroatoms. The second-order valence-electron chi connectivity index (χ2n) is 3.55. The summed E-state index contributed by atoms with van der Waals surface area (Å²) in [6, 6.07) is 5.99. The monoisotopic (exact) mass is 222 g/mol. The summed E-state index contributed by atoms with van der Waals surface area (Å²) in [5.41, 5.74) is 6.92. The number of rotatable bonds is 4. The van der Waals surface area contributed by atoms with Crippen LogP contribution in [-0.2, 0) is 16.0 Å². The van der Waals surface area contributed by atoms with Crippen molar-refractivity contribution in [2.45, 2.75) is 19.4 Å². The second-order valence-corrected chi connectivity index (χ2v) is 3.55. The van der Waals surface area contributed by atoms with E-state index in [2.05, 4.69) is 5.32 Å². The number of hydrogen-bond donors (Lipinski definition) is 3. The van der Waals surface area contributed by atoms with Crippen molar-refractivity contribution in [3.05, 3.63) is 29.8 Å². The molecule has 0 aliphatic carbocycles. The Hall–Kier alpha value is -2.04. The van der Waals surface area contributed by atoms with Gasteiger partial charge in [0.1, 0.15) is 6.04 Å². The van der Waals surface area contributed by atoms with E-state index in [4.69, 9.17) is 10.8 Å². The molecule has 1 aromatic rings. The minimum atomic E-state index is -1.05. The number of carbonyl (C=O) groups is 2. The SMILES string of the molecule is C[C@H](NC(=O)Cc1ccc(N)cc1)C(=O)O. The van der Waals surface area contributed by atoms with Gasteiger partial charge in [0.25, 0.3) is 0 Å². The minimum absolute atomic E-state index is 0.151. The molecule has 0 unspecified atom stereocenters. The van der Waals surface area contributed by atoms with Gasteiger partial charge in [-0.2, -0.15) is 0 Å². The molecule has 0 bridgehead atoms. The van der Waals surface area contributed by atoms with Crippen LogP contribution in [0.5, 0.6) is 0 Å². The van der Waals surface area contributed by atoms with E-state index in [-0.39, 0.29) is 12.3 Å². The normalized spacial score (nSPS) is 11.8. The van der Waals surface area contributed by atoms with E-state index in [9.17, 15) is 9.59 Å². The van der Waals surface area contributed by atoms with Crippen LogP contribution in [0.4, 0.5) is 5.69 Å². The number of amides is 1. The molecule has 16 heavy (non-hydrogen) atoms. The highest BCUT2D eigenvalue weighted by atomic mass is 16.4. The van der Waals surface area contributed by atoms with Crippen molar-refractivity contribution in [1.82, 2.24) is 5.32 Å². The number of anilines is 1. The maximum absolute atomic E-state index is 11.4. The van der Waals surface area contributed by atoms with Gasteiger partial charge in [-0.15, -0.1) is 0 Å². The zero-order valence-electron chi connectivity index (χ0n) is 8.93. The van der Waals surface area contributed by atoms with Gasteiger partial charge in [0, 0.05) is 5.69 Å². The number of nitrogen functional groups attached to an aromatic ring is 1. The molecule has 86 valence electrons. The van der Waals surface area contributed by atoms with Crippen molar-refractivity contribution in [2.24, 2.45) is 0 Å². The summed E-state index contributed by atoms with van der Waals surface area (Å²) in [5.74, 6) is -1.37. The summed E-state index contributed by atoms with van der Waals surface area (Å²) in [7, 11) is 0. The first-order valence-electron chi connectivity index (χ1n) is 4.85. The third kappa shape index (κ3) is 3.61. The Kier molecular flexibility index (Phi) is 3.88. The van der Waals surface area contributed by atoms with Crippen molar-refractivity contribution < 1.29 is 14.7 Å². The van der Waals surface area contributed by atoms with Crippen LogP contribution >= 0.6 is 0 Å². The van der Waals surface area contributed by atoms with Gasteiger partial charge in [0.15, 0.2) is 0 Å². The zero-order chi connectivity index (χ0) is 12.1. The largest absolute Gasteiger partial charge is 0.480 e. The van der Waals surface area contributed by atoms with Gasteiger partial charge in [-0.05, 0) is 24.6 Å². The van der Waals surface area contributed by atoms with Crippen LogP contribution in [0.25, 0.3) is 0 Å². The summed E-state index contributed by atoms with van der Waals surface area (Å²) in [4.78, 5) is 21.9. The van der Waals surface area contributed by atoms with Crippen molar-refractivity contribution in [3.63, 3.8) is 0 Å². The molecule has 0 spiro atoms. The van der Waals surface area contributed by atoms with Crippen molar-refractivity contribution >= 4 is 17.6 Å². The first kappa shape index (κ1) is 12.0. The smallest absolute Gasteiger partial charge is 0.325 e. The third-order valence-corrected chi connectivity index (χ3v) is 2.09. The topological polar surface area (TPSA) is 92.4 Å². The first-order chi connectivity index (χ1) is 7.49. The Morgan fingerprint density at radius 1 is 1.38 bits per heavy atom. The van der Waals surface area contributed by atoms with Crippen molar-refractivity contribution in [3.8, 4) is 0 Å². The predicted molar refractivity (Wildman–Crippen MR) is 59.8 cm³/mol. The molecule has 1 atom stereocenters. The summed E-state index contributed by atoms with van der Waals surface area (Å²) in [6.45, 7) is 1.42. The summed E-state index contributed by atoms with van der Waals surface area (Å²) in [6.07, 6.45) is 0.151. The fourth-order valence-corrected chi connectivity index (χ4v) is 1.18. The van der Waals surface area contributed by atoms with Crippen LogP contribution in [-0.4, -0.2) is 23.0 Å². The molecule has 0 aliphatic heterocycles. The van der Waals surface area contributed by atoms with E-state index in [0.29, 0.717) is 5.69 Å². The maximum atomic E-state index is 11.4. The van der Waals surface area contributed by atoms with Crippen molar-refractivity contribution in [1.29, 1.82) is 0 Å². The van der Waals surface area contributed by atoms with Crippen LogP contribution in [0, 0.1) is 0 Å². The number of carboxylic acids is 1. The van der Waals surface area contributed by atoms with Crippen LogP contribution < -0.4 is 11.1 Å². The summed E-state index contributed by atoms with van der Waals surface area (Å²) >= 11 is 0. The molecule has 0 radical (unpaired) electrons. The molecule has 1 rings (SSSR count). The maximum Gasteiger partial charge on any atom is 0.325 e. The Labute approximate surface area is 93.3 Å². The first-order valence-corrected chi connectivity index (χ1v) is 4.85. The lowest BCUT2D eigenvalue weighted by atomic mass is 10.1. The van der Waals surface area contributed by atoms with Crippen LogP contribution in [0.1, 0.15) is 12.5 Å². The number of hydrogen-bond acceptors (Lipinski definition) is 3. The van der Waals surface area contributed by atoms with E-state index in [0.717, 1.165) is 5.56 Å². The number of carboxylic acid groups (broad SMARTS) is 1. The van der Waals surface area contributed by atoms with Gasteiger partial charge >= 0.3 is 5.97 Å². The van der Waals surface area contributed by atoms with Gasteiger partial charge in [0.05, 0.1) is 6.42 Å². The number of aliphatic carboxylic acids is 1. The molecule has 0 saturated carbocycles. The fourth-order valence-electron chi connectivity index (χ4n) is 1.18. The lowest BCUT2D eigenvalue weighted by Gasteiger charge is -2.09. The fraction of sp³-hybridized carbons (Fsp3) is 0.273. The molecule has 1 amide bonds. The Bertz CT molecular complexity index is 387. The molecule has 1 aromatic carbocycles. The van der Waals surface area contributed by atoms with E-state index in [1.807, 2.05) is 0 Å². The zero-order valence-corrected chi connectivity index (χ0v) is 8.93. The van der Waals surface area contributed by atoms with E-state index < -0.39 is 12.0 Å². The second kappa shape index (κ2) is 5.16.